The Morgan fingerprint density at radius 1 is 1.29 bits per heavy atom. The van der Waals surface area contributed by atoms with Crippen LogP contribution in [0.1, 0.15) is 40.2 Å². The van der Waals surface area contributed by atoms with E-state index in [2.05, 4.69) is 44.8 Å². The third-order valence-electron chi connectivity index (χ3n) is 4.58. The lowest BCUT2D eigenvalue weighted by atomic mass is 9.83. The molecule has 1 heterocycles. The van der Waals surface area contributed by atoms with Gasteiger partial charge in [-0.2, -0.15) is 0 Å². The predicted molar refractivity (Wildman–Crippen MR) is 88.4 cm³/mol. The smallest absolute Gasteiger partial charge is 0.146 e. The predicted octanol–water partition coefficient (Wildman–Crippen LogP) is 3.98. The van der Waals surface area contributed by atoms with Crippen molar-refractivity contribution in [2.24, 2.45) is 11.3 Å². The molecule has 118 valence electrons. The quantitative estimate of drug-likeness (QED) is 0.887. The molecule has 0 aromatic heterocycles. The molecule has 2 rings (SSSR count). The van der Waals surface area contributed by atoms with E-state index < -0.39 is 0 Å². The van der Waals surface area contributed by atoms with E-state index >= 15 is 0 Å². The maximum atomic E-state index is 14.4. The van der Waals surface area contributed by atoms with Gasteiger partial charge in [0.05, 0.1) is 5.69 Å². The van der Waals surface area contributed by atoms with Crippen LogP contribution in [0.3, 0.4) is 0 Å². The van der Waals surface area contributed by atoms with Gasteiger partial charge in [0, 0.05) is 25.2 Å². The lowest BCUT2D eigenvalue weighted by Crippen LogP contribution is -2.62. The van der Waals surface area contributed by atoms with E-state index in [4.69, 9.17) is 0 Å². The van der Waals surface area contributed by atoms with Gasteiger partial charge in [0.2, 0.25) is 0 Å². The number of aryl methyl sites for hydroxylation is 1. The molecule has 0 bridgehead atoms. The van der Waals surface area contributed by atoms with E-state index in [0.29, 0.717) is 18.0 Å². The molecule has 1 aromatic carbocycles. The van der Waals surface area contributed by atoms with Gasteiger partial charge in [-0.25, -0.2) is 4.39 Å². The van der Waals surface area contributed by atoms with Gasteiger partial charge in [0.1, 0.15) is 5.82 Å². The van der Waals surface area contributed by atoms with Gasteiger partial charge in [-0.05, 0) is 36.0 Å². The van der Waals surface area contributed by atoms with Crippen molar-refractivity contribution in [3.63, 3.8) is 0 Å². The van der Waals surface area contributed by atoms with Crippen molar-refractivity contribution in [3.05, 3.63) is 29.6 Å². The Balaban J connectivity index is 2.36. The van der Waals surface area contributed by atoms with Gasteiger partial charge in [-0.3, -0.25) is 0 Å². The van der Waals surface area contributed by atoms with Crippen molar-refractivity contribution in [2.75, 3.05) is 18.0 Å². The second-order valence-corrected chi connectivity index (χ2v) is 7.75. The summed E-state index contributed by atoms with van der Waals surface area (Å²) in [6.45, 7) is 14.9. The summed E-state index contributed by atoms with van der Waals surface area (Å²) in [7, 11) is 0. The van der Waals surface area contributed by atoms with Gasteiger partial charge in [0.25, 0.3) is 0 Å². The summed E-state index contributed by atoms with van der Waals surface area (Å²) in [6.07, 6.45) is 0. The number of halogens is 1. The molecular weight excluding hydrogens is 263 g/mol. The second-order valence-electron chi connectivity index (χ2n) is 7.75. The van der Waals surface area contributed by atoms with E-state index in [-0.39, 0.29) is 11.2 Å². The molecule has 0 spiro atoms. The van der Waals surface area contributed by atoms with E-state index in [1.165, 1.54) is 0 Å². The van der Waals surface area contributed by atoms with Crippen LogP contribution in [0.25, 0.3) is 0 Å². The Morgan fingerprint density at radius 3 is 2.52 bits per heavy atom. The lowest BCUT2D eigenvalue weighted by molar-refractivity contribution is 0.220. The number of benzene rings is 1. The standard InChI is InChI=1S/C18H29FN2/c1-12(2)16-10-20-17(18(4,5)6)11-21(16)15-9-13(3)7-8-14(15)19/h7-9,12,16-17,20H,10-11H2,1-6H3. The second kappa shape index (κ2) is 5.96. The monoisotopic (exact) mass is 292 g/mol. The zero-order chi connectivity index (χ0) is 15.8. The Morgan fingerprint density at radius 2 is 1.95 bits per heavy atom. The third kappa shape index (κ3) is 3.57. The molecular formula is C18H29FN2. The molecule has 1 saturated heterocycles. The molecule has 0 saturated carbocycles. The van der Waals surface area contributed by atoms with Crippen molar-refractivity contribution >= 4 is 5.69 Å². The zero-order valence-corrected chi connectivity index (χ0v) is 14.2. The van der Waals surface area contributed by atoms with Crippen molar-refractivity contribution in [2.45, 2.75) is 53.6 Å². The molecule has 0 aliphatic carbocycles. The molecule has 3 heteroatoms. The van der Waals surface area contributed by atoms with E-state index in [1.54, 1.807) is 6.07 Å². The minimum Gasteiger partial charge on any atom is -0.363 e. The summed E-state index contributed by atoms with van der Waals surface area (Å²) < 4.78 is 14.4. The normalized spacial score (nSPS) is 23.7. The summed E-state index contributed by atoms with van der Waals surface area (Å²) in [6, 6.07) is 6.12. The molecule has 1 fully saturated rings. The largest absolute Gasteiger partial charge is 0.363 e. The maximum absolute atomic E-state index is 14.4. The van der Waals surface area contributed by atoms with Gasteiger partial charge in [0.15, 0.2) is 0 Å². The van der Waals surface area contributed by atoms with Crippen LogP contribution < -0.4 is 10.2 Å². The number of hydrogen-bond acceptors (Lipinski definition) is 2. The first kappa shape index (κ1) is 16.3. The Kier molecular flexibility index (Phi) is 4.62. The average molecular weight is 292 g/mol. The summed E-state index contributed by atoms with van der Waals surface area (Å²) in [5.41, 5.74) is 2.03. The van der Waals surface area contributed by atoms with Gasteiger partial charge < -0.3 is 10.2 Å². The zero-order valence-electron chi connectivity index (χ0n) is 14.2. The minimum absolute atomic E-state index is 0.110. The molecule has 2 unspecified atom stereocenters. The Bertz CT molecular complexity index is 490. The topological polar surface area (TPSA) is 15.3 Å². The highest BCUT2D eigenvalue weighted by atomic mass is 19.1. The van der Waals surface area contributed by atoms with E-state index in [9.17, 15) is 4.39 Å². The first-order valence-electron chi connectivity index (χ1n) is 7.96. The molecule has 0 radical (unpaired) electrons. The fourth-order valence-corrected chi connectivity index (χ4v) is 3.07. The van der Waals surface area contributed by atoms with Crippen LogP contribution in [0, 0.1) is 24.1 Å². The van der Waals surface area contributed by atoms with Crippen LogP contribution in [-0.2, 0) is 0 Å². The van der Waals surface area contributed by atoms with Crippen LogP contribution in [-0.4, -0.2) is 25.2 Å². The summed E-state index contributed by atoms with van der Waals surface area (Å²) in [4.78, 5) is 2.28. The highest BCUT2D eigenvalue weighted by Crippen LogP contribution is 2.31. The number of piperazine rings is 1. The first-order chi connectivity index (χ1) is 9.70. The number of hydrogen-bond donors (Lipinski definition) is 1. The number of nitrogens with one attached hydrogen (secondary N) is 1. The molecule has 2 nitrogen and oxygen atoms in total. The Hall–Kier alpha value is -1.09. The summed E-state index contributed by atoms with van der Waals surface area (Å²) in [5, 5.41) is 3.66. The Labute approximate surface area is 128 Å². The van der Waals surface area contributed by atoms with Crippen LogP contribution in [0.15, 0.2) is 18.2 Å². The van der Waals surface area contributed by atoms with E-state index in [0.717, 1.165) is 24.3 Å². The van der Waals surface area contributed by atoms with Crippen molar-refractivity contribution in [1.29, 1.82) is 0 Å². The number of rotatable bonds is 2. The molecule has 1 aromatic rings. The molecule has 1 aliphatic heterocycles. The fraction of sp³-hybridized carbons (Fsp3) is 0.667. The third-order valence-corrected chi connectivity index (χ3v) is 4.58. The number of anilines is 1. The maximum Gasteiger partial charge on any atom is 0.146 e. The minimum atomic E-state index is -0.110. The van der Waals surface area contributed by atoms with Crippen LogP contribution in [0.5, 0.6) is 0 Å². The number of nitrogens with zero attached hydrogens (tertiary/aromatic N) is 1. The average Bonchev–Trinajstić information content (AvgIpc) is 2.39. The van der Waals surface area contributed by atoms with Crippen molar-refractivity contribution in [1.82, 2.24) is 5.32 Å². The van der Waals surface area contributed by atoms with Gasteiger partial charge in [-0.15, -0.1) is 0 Å². The highest BCUT2D eigenvalue weighted by molar-refractivity contribution is 5.52. The fourth-order valence-electron chi connectivity index (χ4n) is 3.07. The van der Waals surface area contributed by atoms with Crippen LogP contribution in [0.4, 0.5) is 10.1 Å². The molecule has 1 N–H and O–H groups in total. The molecule has 21 heavy (non-hydrogen) atoms. The lowest BCUT2D eigenvalue weighted by Gasteiger charge is -2.47. The van der Waals surface area contributed by atoms with E-state index in [1.807, 2.05) is 19.1 Å². The molecule has 2 atom stereocenters. The highest BCUT2D eigenvalue weighted by Gasteiger charge is 2.36. The first-order valence-corrected chi connectivity index (χ1v) is 7.96. The summed E-state index contributed by atoms with van der Waals surface area (Å²) >= 11 is 0. The molecule has 1 aliphatic rings. The van der Waals surface area contributed by atoms with Crippen molar-refractivity contribution < 1.29 is 4.39 Å². The van der Waals surface area contributed by atoms with Crippen LogP contribution in [0.2, 0.25) is 0 Å². The SMILES string of the molecule is Cc1ccc(F)c(N2CC(C(C)(C)C)NCC2C(C)C)c1. The van der Waals surface area contributed by atoms with Crippen molar-refractivity contribution in [3.8, 4) is 0 Å². The van der Waals surface area contributed by atoms with Gasteiger partial charge >= 0.3 is 0 Å². The molecule has 0 amide bonds. The van der Waals surface area contributed by atoms with Crippen LogP contribution >= 0.6 is 0 Å². The van der Waals surface area contributed by atoms with Gasteiger partial charge in [-0.1, -0.05) is 40.7 Å². The summed E-state index contributed by atoms with van der Waals surface area (Å²) in [5.74, 6) is 0.374.